The summed E-state index contributed by atoms with van der Waals surface area (Å²) < 4.78 is 12.1. The van der Waals surface area contributed by atoms with E-state index in [1.807, 2.05) is 73.7 Å². The largest absolute Gasteiger partial charge is 0.487 e. The molecule has 0 saturated carbocycles. The predicted molar refractivity (Wildman–Crippen MR) is 151 cm³/mol. The number of Topliss-reactive ketones (excluding diaryl/α,β-unsaturated/α-hetero) is 1. The lowest BCUT2D eigenvalue weighted by molar-refractivity contribution is -0.127. The third-order valence-corrected chi connectivity index (χ3v) is 6.47. The van der Waals surface area contributed by atoms with Crippen LogP contribution in [0.15, 0.2) is 102 Å². The number of nitrogens with zero attached hydrogens (tertiary/aromatic N) is 1. The monoisotopic (exact) mass is 509 g/mol. The summed E-state index contributed by atoms with van der Waals surface area (Å²) in [6, 6.07) is 24.9. The Balaban J connectivity index is 1.59. The molecule has 0 saturated heterocycles. The number of para-hydroxylation sites is 1. The molecule has 0 bridgehead atoms. The van der Waals surface area contributed by atoms with E-state index in [2.05, 4.69) is 19.9 Å². The minimum atomic E-state index is -1.20. The molecular weight excluding hydrogens is 474 g/mol. The summed E-state index contributed by atoms with van der Waals surface area (Å²) in [4.78, 5) is 28.9. The third-order valence-electron chi connectivity index (χ3n) is 6.47. The lowest BCUT2D eigenvalue weighted by Crippen LogP contribution is -2.49. The Morgan fingerprint density at radius 1 is 0.842 bits per heavy atom. The second-order valence-corrected chi connectivity index (χ2v) is 9.78. The summed E-state index contributed by atoms with van der Waals surface area (Å²) in [7, 11) is 0. The fraction of sp³-hybridized carbons (Fsp3) is 0.273. The highest BCUT2D eigenvalue weighted by Gasteiger charge is 2.41. The maximum atomic E-state index is 13.7. The molecule has 1 heterocycles. The van der Waals surface area contributed by atoms with Gasteiger partial charge in [0.25, 0.3) is 5.91 Å². The Morgan fingerprint density at radius 3 is 2.21 bits per heavy atom. The molecule has 3 aromatic carbocycles. The molecule has 0 radical (unpaired) electrons. The van der Waals surface area contributed by atoms with Crippen LogP contribution in [0.4, 0.5) is 5.69 Å². The Kier molecular flexibility index (Phi) is 9.28. The Bertz CT molecular complexity index is 1310. The maximum absolute atomic E-state index is 13.7. The summed E-state index contributed by atoms with van der Waals surface area (Å²) in [6.45, 7) is 7.04. The van der Waals surface area contributed by atoms with Crippen molar-refractivity contribution in [1.82, 2.24) is 0 Å². The number of ketones is 1. The average molecular weight is 510 g/mol. The fourth-order valence-corrected chi connectivity index (χ4v) is 4.40. The van der Waals surface area contributed by atoms with Crippen molar-refractivity contribution in [2.24, 2.45) is 0 Å². The number of amides is 1. The van der Waals surface area contributed by atoms with Crippen LogP contribution < -0.4 is 9.64 Å². The molecule has 4 rings (SSSR count). The van der Waals surface area contributed by atoms with Crippen LogP contribution in [0.2, 0.25) is 0 Å². The number of hydrogen-bond acceptors (Lipinski definition) is 4. The van der Waals surface area contributed by atoms with Gasteiger partial charge in [-0.05, 0) is 56.9 Å². The van der Waals surface area contributed by atoms with Crippen LogP contribution in [0.3, 0.4) is 0 Å². The molecular formula is C33H35NO4. The van der Waals surface area contributed by atoms with E-state index in [9.17, 15) is 9.59 Å². The zero-order valence-electron chi connectivity index (χ0n) is 22.4. The lowest BCUT2D eigenvalue weighted by atomic mass is 9.96. The molecule has 1 aliphatic rings. The lowest BCUT2D eigenvalue weighted by Gasteiger charge is -2.34. The van der Waals surface area contributed by atoms with E-state index in [-0.39, 0.29) is 18.3 Å². The summed E-state index contributed by atoms with van der Waals surface area (Å²) >= 11 is 0. The number of fused-ring (bicyclic) bond motifs is 1. The van der Waals surface area contributed by atoms with E-state index in [0.717, 1.165) is 29.5 Å². The van der Waals surface area contributed by atoms with Gasteiger partial charge in [-0.15, -0.1) is 0 Å². The van der Waals surface area contributed by atoms with Crippen molar-refractivity contribution in [2.45, 2.75) is 52.9 Å². The van der Waals surface area contributed by atoms with Crippen LogP contribution >= 0.6 is 0 Å². The summed E-state index contributed by atoms with van der Waals surface area (Å²) in [5.74, 6) is -0.217. The molecule has 1 amide bonds. The number of anilines is 1. The Labute approximate surface area is 225 Å². The van der Waals surface area contributed by atoms with Gasteiger partial charge in [0, 0.05) is 5.56 Å². The zero-order chi connectivity index (χ0) is 26.9. The van der Waals surface area contributed by atoms with E-state index in [4.69, 9.17) is 9.47 Å². The van der Waals surface area contributed by atoms with Gasteiger partial charge in [0.2, 0.25) is 5.78 Å². The van der Waals surface area contributed by atoms with Gasteiger partial charge in [-0.3, -0.25) is 9.59 Å². The zero-order valence-corrected chi connectivity index (χ0v) is 22.4. The molecule has 5 nitrogen and oxygen atoms in total. The molecule has 1 aliphatic heterocycles. The van der Waals surface area contributed by atoms with Crippen LogP contribution in [0.25, 0.3) is 0 Å². The highest BCUT2D eigenvalue weighted by atomic mass is 16.5. The molecule has 3 aromatic rings. The van der Waals surface area contributed by atoms with E-state index in [1.165, 1.54) is 5.57 Å². The minimum Gasteiger partial charge on any atom is -0.487 e. The van der Waals surface area contributed by atoms with Gasteiger partial charge in [-0.2, -0.15) is 0 Å². The summed E-state index contributed by atoms with van der Waals surface area (Å²) in [5.41, 5.74) is 5.33. The van der Waals surface area contributed by atoms with Gasteiger partial charge in [-0.1, -0.05) is 90.0 Å². The molecule has 0 fully saturated rings. The molecule has 0 aromatic heterocycles. The topological polar surface area (TPSA) is 55.8 Å². The second kappa shape index (κ2) is 13.0. The molecule has 0 aliphatic carbocycles. The van der Waals surface area contributed by atoms with Crippen molar-refractivity contribution in [3.8, 4) is 5.75 Å². The fourth-order valence-electron chi connectivity index (χ4n) is 4.40. The van der Waals surface area contributed by atoms with Crippen LogP contribution in [-0.2, 0) is 22.7 Å². The number of rotatable bonds is 11. The maximum Gasteiger partial charge on any atom is 0.264 e. The van der Waals surface area contributed by atoms with Crippen molar-refractivity contribution in [3.05, 3.63) is 119 Å². The van der Waals surface area contributed by atoms with E-state index in [1.54, 1.807) is 23.1 Å². The molecule has 0 N–H and O–H groups in total. The van der Waals surface area contributed by atoms with Crippen LogP contribution in [-0.4, -0.2) is 24.4 Å². The average Bonchev–Trinajstić information content (AvgIpc) is 2.92. The molecule has 38 heavy (non-hydrogen) atoms. The van der Waals surface area contributed by atoms with Crippen LogP contribution in [0.1, 0.15) is 55.1 Å². The number of hydrogen-bond donors (Lipinski definition) is 0. The third kappa shape index (κ3) is 6.87. The smallest absolute Gasteiger partial charge is 0.264 e. The van der Waals surface area contributed by atoms with Gasteiger partial charge in [0.1, 0.15) is 12.4 Å². The van der Waals surface area contributed by atoms with Crippen molar-refractivity contribution < 1.29 is 19.1 Å². The Hall–Kier alpha value is -3.96. The van der Waals surface area contributed by atoms with Crippen molar-refractivity contribution >= 4 is 17.4 Å². The van der Waals surface area contributed by atoms with Gasteiger partial charge >= 0.3 is 0 Å². The first-order valence-corrected chi connectivity index (χ1v) is 13.0. The number of ether oxygens (including phenoxy) is 2. The van der Waals surface area contributed by atoms with Crippen LogP contribution in [0.5, 0.6) is 5.75 Å². The molecule has 1 unspecified atom stereocenters. The van der Waals surface area contributed by atoms with Gasteiger partial charge in [0.05, 0.1) is 18.8 Å². The van der Waals surface area contributed by atoms with E-state index >= 15 is 0 Å². The minimum absolute atomic E-state index is 0.196. The summed E-state index contributed by atoms with van der Waals surface area (Å²) in [5, 5.41) is 0. The molecule has 0 spiro atoms. The number of carbonyl (C=O) groups is 2. The van der Waals surface area contributed by atoms with Gasteiger partial charge in [-0.25, -0.2) is 0 Å². The normalized spacial score (nSPS) is 15.3. The molecule has 5 heteroatoms. The Morgan fingerprint density at radius 2 is 1.53 bits per heavy atom. The van der Waals surface area contributed by atoms with Crippen molar-refractivity contribution in [2.75, 3.05) is 11.5 Å². The SMILES string of the molecule is CC(C)=CCC/C(C)=C/COC1C(=O)c2cccc(OCc3ccccc3)c2N(Cc2ccccc2)C1=O. The van der Waals surface area contributed by atoms with Gasteiger partial charge < -0.3 is 14.4 Å². The van der Waals surface area contributed by atoms with Crippen molar-refractivity contribution in [1.29, 1.82) is 0 Å². The van der Waals surface area contributed by atoms with Crippen LogP contribution in [0, 0.1) is 0 Å². The second-order valence-electron chi connectivity index (χ2n) is 9.78. The standard InChI is InChI=1S/C33H35NO4/c1-24(2)12-10-13-25(3)20-21-37-32-31(35)28-18-11-19-29(38-23-27-16-8-5-9-17-27)30(28)34(33(32)36)22-26-14-6-4-7-15-26/h4-9,11-12,14-20,32H,10,13,21-23H2,1-3H3/b25-20+. The first kappa shape index (κ1) is 27.1. The van der Waals surface area contributed by atoms with E-state index in [0.29, 0.717) is 30.2 Å². The summed E-state index contributed by atoms with van der Waals surface area (Å²) in [6.07, 6.45) is 4.82. The molecule has 196 valence electrons. The highest BCUT2D eigenvalue weighted by molar-refractivity contribution is 6.24. The van der Waals surface area contributed by atoms with E-state index < -0.39 is 6.10 Å². The first-order chi connectivity index (χ1) is 18.4. The predicted octanol–water partition coefficient (Wildman–Crippen LogP) is 7.07. The number of allylic oxidation sites excluding steroid dienone is 3. The van der Waals surface area contributed by atoms with Gasteiger partial charge in [0.15, 0.2) is 6.10 Å². The highest BCUT2D eigenvalue weighted by Crippen LogP contribution is 2.39. The number of benzene rings is 3. The quantitative estimate of drug-likeness (QED) is 0.205. The molecule has 1 atom stereocenters. The number of carbonyl (C=O) groups excluding carboxylic acids is 2. The first-order valence-electron chi connectivity index (χ1n) is 13.0. The van der Waals surface area contributed by atoms with Crippen molar-refractivity contribution in [3.63, 3.8) is 0 Å².